The number of aromatic nitrogens is 2. The highest BCUT2D eigenvalue weighted by molar-refractivity contribution is 7.90. The van der Waals surface area contributed by atoms with Crippen LogP contribution in [0.5, 0.6) is 17.2 Å². The number of halogens is 1. The molecule has 2 aliphatic heterocycles. The van der Waals surface area contributed by atoms with Crippen molar-refractivity contribution in [1.82, 2.24) is 24.5 Å². The second-order valence-corrected chi connectivity index (χ2v) is 22.9. The quantitative estimate of drug-likeness (QED) is 0.0529. The first-order valence-corrected chi connectivity index (χ1v) is 26.6. The van der Waals surface area contributed by atoms with E-state index in [1.165, 1.54) is 41.1 Å². The van der Waals surface area contributed by atoms with Crippen molar-refractivity contribution < 1.29 is 37.1 Å². The molecular formula is C55H63FN8O8S. The van der Waals surface area contributed by atoms with Gasteiger partial charge < -0.3 is 29.8 Å². The molecular weight excluding hydrogens is 952 g/mol. The summed E-state index contributed by atoms with van der Waals surface area (Å²) in [5.41, 5.74) is 3.25. The summed E-state index contributed by atoms with van der Waals surface area (Å²) in [6.07, 6.45) is 7.76. The molecule has 0 radical (unpaired) electrons. The Morgan fingerprint density at radius 3 is 2.48 bits per heavy atom. The SMILES string of the molecule is COc1ccc(CN2CCN(C3CC4(C3)CN(c3cc(Oc5cnc6[nH]ccc6c5)c(C(=O)NS(=O)(=O)c5ccc(NCC6CCC(C)(O)CC6)c([N+](=O)[O-])c5)cc3F)C4)C(c3ccccc3C(C)C)C2)cc1. The Labute approximate surface area is 425 Å². The fourth-order valence-corrected chi connectivity index (χ4v) is 12.5. The number of H-pyrrole nitrogens is 1. The lowest BCUT2D eigenvalue weighted by molar-refractivity contribution is -0.384. The Bertz CT molecular complexity index is 3120. The lowest BCUT2D eigenvalue weighted by Crippen LogP contribution is -2.68. The van der Waals surface area contributed by atoms with Crippen molar-refractivity contribution in [2.24, 2.45) is 11.3 Å². The van der Waals surface area contributed by atoms with Crippen molar-refractivity contribution >= 4 is 44.0 Å². The molecule has 18 heteroatoms. The summed E-state index contributed by atoms with van der Waals surface area (Å²) in [5.74, 6) is -0.407. The maximum Gasteiger partial charge on any atom is 0.293 e. The van der Waals surface area contributed by atoms with Gasteiger partial charge in [-0.3, -0.25) is 24.7 Å². The van der Waals surface area contributed by atoms with Gasteiger partial charge in [0, 0.05) is 87.0 Å². The van der Waals surface area contributed by atoms with Crippen molar-refractivity contribution in [3.05, 3.63) is 142 Å². The van der Waals surface area contributed by atoms with E-state index in [2.05, 4.69) is 75.3 Å². The molecule has 384 valence electrons. The number of nitro benzene ring substituents is 1. The van der Waals surface area contributed by atoms with Crippen LogP contribution in [0.1, 0.15) is 98.3 Å². The number of anilines is 2. The average Bonchev–Trinajstić information content (AvgIpc) is 3.82. The minimum atomic E-state index is -4.72. The van der Waals surface area contributed by atoms with Crippen LogP contribution in [0.4, 0.5) is 21.5 Å². The van der Waals surface area contributed by atoms with Gasteiger partial charge in [-0.15, -0.1) is 0 Å². The second kappa shape index (κ2) is 20.0. The van der Waals surface area contributed by atoms with Crippen LogP contribution in [-0.2, 0) is 16.6 Å². The highest BCUT2D eigenvalue weighted by Gasteiger charge is 2.55. The highest BCUT2D eigenvalue weighted by Crippen LogP contribution is 2.54. The van der Waals surface area contributed by atoms with E-state index in [9.17, 15) is 28.4 Å². The zero-order chi connectivity index (χ0) is 51.2. The summed E-state index contributed by atoms with van der Waals surface area (Å²) in [6, 6.07) is 26.9. The van der Waals surface area contributed by atoms with Crippen molar-refractivity contribution in [2.75, 3.05) is 56.6 Å². The number of hydrogen-bond donors (Lipinski definition) is 4. The van der Waals surface area contributed by atoms with Gasteiger partial charge in [0.05, 0.1) is 40.0 Å². The van der Waals surface area contributed by atoms with E-state index in [1.54, 1.807) is 32.4 Å². The Kier molecular flexibility index (Phi) is 13.7. The summed E-state index contributed by atoms with van der Waals surface area (Å²) in [4.78, 5) is 39.7. The van der Waals surface area contributed by atoms with Gasteiger partial charge in [-0.2, -0.15) is 0 Å². The predicted octanol–water partition coefficient (Wildman–Crippen LogP) is 9.53. The number of nitrogens with zero attached hydrogens (tertiary/aromatic N) is 5. The van der Waals surface area contributed by atoms with E-state index in [0.717, 1.165) is 75.1 Å². The van der Waals surface area contributed by atoms with Gasteiger partial charge >= 0.3 is 0 Å². The molecule has 16 nitrogen and oxygen atoms in total. The maximum atomic E-state index is 16.5. The van der Waals surface area contributed by atoms with Gasteiger partial charge in [0.1, 0.15) is 34.4 Å². The summed E-state index contributed by atoms with van der Waals surface area (Å²) in [7, 11) is -3.04. The smallest absolute Gasteiger partial charge is 0.293 e. The Balaban J connectivity index is 0.854. The van der Waals surface area contributed by atoms with Gasteiger partial charge in [-0.05, 0) is 116 Å². The molecule has 4 fully saturated rings. The molecule has 1 amide bonds. The summed E-state index contributed by atoms with van der Waals surface area (Å²) >= 11 is 0. The molecule has 4 N–H and O–H groups in total. The summed E-state index contributed by atoms with van der Waals surface area (Å²) < 4.78 is 57.8. The van der Waals surface area contributed by atoms with Gasteiger partial charge in [-0.1, -0.05) is 50.2 Å². The third kappa shape index (κ3) is 10.6. The minimum Gasteiger partial charge on any atom is -0.497 e. The van der Waals surface area contributed by atoms with Crippen LogP contribution in [-0.4, -0.2) is 102 Å². The zero-order valence-corrected chi connectivity index (χ0v) is 42.5. The Morgan fingerprint density at radius 2 is 1.75 bits per heavy atom. The predicted molar refractivity (Wildman–Crippen MR) is 277 cm³/mol. The van der Waals surface area contributed by atoms with E-state index >= 15 is 4.39 Å². The van der Waals surface area contributed by atoms with Crippen LogP contribution in [0.3, 0.4) is 0 Å². The first-order chi connectivity index (χ1) is 34.9. The van der Waals surface area contributed by atoms with E-state index in [4.69, 9.17) is 9.47 Å². The number of piperazine rings is 1. The number of pyridine rings is 1. The molecule has 1 spiro atoms. The molecule has 73 heavy (non-hydrogen) atoms. The van der Waals surface area contributed by atoms with Crippen molar-refractivity contribution in [1.29, 1.82) is 0 Å². The number of aliphatic hydroxyl groups is 1. The fourth-order valence-electron chi connectivity index (χ4n) is 11.5. The third-order valence-electron chi connectivity index (χ3n) is 15.6. The Hall–Kier alpha value is -6.60. The van der Waals surface area contributed by atoms with Crippen LogP contribution in [0.2, 0.25) is 0 Å². The zero-order valence-electron chi connectivity index (χ0n) is 41.6. The first-order valence-electron chi connectivity index (χ1n) is 25.2. The molecule has 6 aromatic rings. The molecule has 4 heterocycles. The lowest BCUT2D eigenvalue weighted by atomic mass is 9.59. The molecule has 1 atom stereocenters. The highest BCUT2D eigenvalue weighted by atomic mass is 32.2. The van der Waals surface area contributed by atoms with E-state index in [0.29, 0.717) is 50.1 Å². The van der Waals surface area contributed by atoms with Crippen LogP contribution < -0.4 is 24.4 Å². The average molecular weight is 1020 g/mol. The number of carbonyl (C=O) groups is 1. The van der Waals surface area contributed by atoms with Crippen LogP contribution >= 0.6 is 0 Å². The number of amides is 1. The monoisotopic (exact) mass is 1010 g/mol. The standard InChI is InChI=1S/C55H63FN8O8S/c1-35(2)43-7-5-6-8-44(43)50-32-61(31-37-9-11-40(71-4)12-10-37)21-22-63(50)39-27-55(28-39)33-62(34-55)48-26-51(72-41-23-38-17-20-57-52(38)59-30-41)45(25-46(48)56)53(65)60-73(69,70)42-13-14-47(49(24-42)64(67)68)58-29-36-15-18-54(3,66)19-16-36/h5-14,17,20,23-26,30,35-36,39,50,58,66H,15-16,18-19,21-22,27-29,31-34H2,1-4H3,(H,57,59)(H,60,65). The Morgan fingerprint density at radius 1 is 1.00 bits per heavy atom. The molecule has 2 saturated carbocycles. The number of hydrogen-bond acceptors (Lipinski definition) is 13. The molecule has 1 unspecified atom stereocenters. The van der Waals surface area contributed by atoms with Gasteiger partial charge in [0.2, 0.25) is 0 Å². The first kappa shape index (κ1) is 50.0. The van der Waals surface area contributed by atoms with Gasteiger partial charge in [-0.25, -0.2) is 22.5 Å². The molecule has 10 rings (SSSR count). The number of nitro groups is 1. The molecule has 2 aliphatic carbocycles. The number of methoxy groups -OCH3 is 1. The lowest BCUT2D eigenvalue weighted by Gasteiger charge is -2.63. The number of sulfonamides is 1. The third-order valence-corrected chi connectivity index (χ3v) is 16.9. The maximum absolute atomic E-state index is 16.5. The molecule has 4 aromatic carbocycles. The molecule has 4 aliphatic rings. The minimum absolute atomic E-state index is 0.0283. The number of benzene rings is 4. The number of ether oxygens (including phenoxy) is 2. The van der Waals surface area contributed by atoms with Crippen LogP contribution in [0.15, 0.2) is 108 Å². The number of rotatable bonds is 16. The second-order valence-electron chi connectivity index (χ2n) is 21.2. The summed E-state index contributed by atoms with van der Waals surface area (Å²) in [5, 5.41) is 26.4. The molecule has 0 bridgehead atoms. The van der Waals surface area contributed by atoms with Crippen LogP contribution in [0.25, 0.3) is 11.0 Å². The number of aromatic amines is 1. The van der Waals surface area contributed by atoms with Crippen molar-refractivity contribution in [3.63, 3.8) is 0 Å². The van der Waals surface area contributed by atoms with E-state index in [1.807, 2.05) is 21.8 Å². The number of fused-ring (bicyclic) bond motifs is 1. The van der Waals surface area contributed by atoms with Crippen molar-refractivity contribution in [3.8, 4) is 17.2 Å². The van der Waals surface area contributed by atoms with E-state index in [-0.39, 0.29) is 40.2 Å². The number of nitrogens with one attached hydrogen (secondary N) is 3. The topological polar surface area (TPSA) is 195 Å². The van der Waals surface area contributed by atoms with Crippen molar-refractivity contribution in [2.45, 2.75) is 94.3 Å². The molecule has 2 saturated heterocycles. The largest absolute Gasteiger partial charge is 0.497 e. The normalized spacial score (nSPS) is 21.4. The van der Waals surface area contributed by atoms with Crippen LogP contribution in [0, 0.1) is 27.3 Å². The number of carbonyl (C=O) groups excluding carboxylic acids is 1. The van der Waals surface area contributed by atoms with Gasteiger partial charge in [0.25, 0.3) is 21.6 Å². The van der Waals surface area contributed by atoms with Gasteiger partial charge in [0.15, 0.2) is 0 Å². The summed E-state index contributed by atoms with van der Waals surface area (Å²) in [6.45, 7) is 11.5. The van der Waals surface area contributed by atoms with E-state index < -0.39 is 48.4 Å². The molecule has 2 aromatic heterocycles. The fraction of sp³-hybridized carbons (Fsp3) is 0.418.